The largest absolute Gasteiger partial charge is 0.416 e. The number of hydrogen-bond acceptors (Lipinski definition) is 3. The Labute approximate surface area is 162 Å². The van der Waals surface area contributed by atoms with Gasteiger partial charge < -0.3 is 10.6 Å². The van der Waals surface area contributed by atoms with Gasteiger partial charge in [0.25, 0.3) is 0 Å². The average molecular weight is 394 g/mol. The highest BCUT2D eigenvalue weighted by molar-refractivity contribution is 5.83. The molecule has 1 heterocycles. The molecule has 2 aromatic rings. The predicted molar refractivity (Wildman–Crippen MR) is 99.6 cm³/mol. The minimum absolute atomic E-state index is 0.214. The molecule has 8 heteroatoms. The quantitative estimate of drug-likeness (QED) is 0.790. The van der Waals surface area contributed by atoms with Crippen LogP contribution in [-0.4, -0.2) is 29.3 Å². The molecule has 1 aliphatic carbocycles. The van der Waals surface area contributed by atoms with E-state index >= 15 is 0 Å². The first-order chi connectivity index (χ1) is 13.2. The summed E-state index contributed by atoms with van der Waals surface area (Å²) in [6, 6.07) is 4.95. The second-order valence-corrected chi connectivity index (χ2v) is 7.45. The lowest BCUT2D eigenvalue weighted by molar-refractivity contribution is -0.137. The number of aromatic nitrogens is 2. The van der Waals surface area contributed by atoms with Crippen LogP contribution in [-0.2, 0) is 23.4 Å². The van der Waals surface area contributed by atoms with Crippen molar-refractivity contribution in [3.05, 3.63) is 53.3 Å². The number of carbonyl (C=O) groups is 1. The smallest absolute Gasteiger partial charge is 0.354 e. The summed E-state index contributed by atoms with van der Waals surface area (Å²) in [6.07, 6.45) is 2.39. The van der Waals surface area contributed by atoms with Gasteiger partial charge >= 0.3 is 6.18 Å². The molecule has 5 nitrogen and oxygen atoms in total. The van der Waals surface area contributed by atoms with Crippen LogP contribution >= 0.6 is 0 Å². The minimum Gasteiger partial charge on any atom is -0.354 e. The molecular formula is C20H25F3N4O. The van der Waals surface area contributed by atoms with Crippen molar-refractivity contribution in [1.29, 1.82) is 0 Å². The number of rotatable bonds is 6. The number of hydrogen-bond donors (Lipinski definition) is 2. The van der Waals surface area contributed by atoms with Gasteiger partial charge in [-0.3, -0.25) is 9.48 Å². The van der Waals surface area contributed by atoms with E-state index in [4.69, 9.17) is 0 Å². The normalized spacial score (nSPS) is 17.5. The van der Waals surface area contributed by atoms with E-state index < -0.39 is 23.2 Å². The number of nitrogens with zero attached hydrogens (tertiary/aromatic N) is 2. The van der Waals surface area contributed by atoms with Crippen molar-refractivity contribution in [3.63, 3.8) is 0 Å². The van der Waals surface area contributed by atoms with Crippen LogP contribution in [0.5, 0.6) is 0 Å². The highest BCUT2D eigenvalue weighted by Crippen LogP contribution is 2.42. The van der Waals surface area contributed by atoms with Gasteiger partial charge in [0.05, 0.1) is 11.8 Å². The summed E-state index contributed by atoms with van der Waals surface area (Å²) in [7, 11) is 3.46. The number of carbonyl (C=O) groups excluding carboxylic acids is 1. The third-order valence-corrected chi connectivity index (χ3v) is 5.57. The molecule has 3 rings (SSSR count). The molecule has 0 aliphatic heterocycles. The Morgan fingerprint density at radius 3 is 2.61 bits per heavy atom. The Morgan fingerprint density at radius 1 is 1.32 bits per heavy atom. The molecule has 1 aromatic carbocycles. The van der Waals surface area contributed by atoms with Gasteiger partial charge in [0.1, 0.15) is 6.04 Å². The van der Waals surface area contributed by atoms with Gasteiger partial charge in [0.15, 0.2) is 0 Å². The summed E-state index contributed by atoms with van der Waals surface area (Å²) < 4.78 is 41.1. The number of alkyl halides is 3. The average Bonchev–Trinajstić information content (AvgIpc) is 3.30. The third kappa shape index (κ3) is 4.22. The zero-order valence-corrected chi connectivity index (χ0v) is 16.0. The lowest BCUT2D eigenvalue weighted by Gasteiger charge is -2.31. The van der Waals surface area contributed by atoms with E-state index in [1.807, 2.05) is 0 Å². The second-order valence-electron chi connectivity index (χ2n) is 7.45. The third-order valence-electron chi connectivity index (χ3n) is 5.57. The van der Waals surface area contributed by atoms with Gasteiger partial charge in [-0.25, -0.2) is 0 Å². The van der Waals surface area contributed by atoms with Crippen LogP contribution in [0.15, 0.2) is 36.7 Å². The van der Waals surface area contributed by atoms with Crippen molar-refractivity contribution in [3.8, 4) is 0 Å². The molecule has 1 saturated carbocycles. The monoisotopic (exact) mass is 394 g/mol. The van der Waals surface area contributed by atoms with Crippen molar-refractivity contribution >= 4 is 5.91 Å². The number of benzene rings is 1. The first kappa shape index (κ1) is 20.4. The van der Waals surface area contributed by atoms with E-state index in [9.17, 15) is 18.0 Å². The standard InChI is InChI=1S/C20H25F3N4O/c1-24-17(14-11-26-27(2)12-14)18(28)25-13-19(8-3-4-9-19)15-6-5-7-16(10-15)20(21,22)23/h5-7,10-12,17,24H,3-4,8-9,13H2,1-2H3,(H,25,28). The maximum Gasteiger partial charge on any atom is 0.416 e. The number of halogens is 3. The van der Waals surface area contributed by atoms with Crippen LogP contribution in [0.25, 0.3) is 0 Å². The van der Waals surface area contributed by atoms with Crippen molar-refractivity contribution in [2.75, 3.05) is 13.6 Å². The maximum absolute atomic E-state index is 13.1. The van der Waals surface area contributed by atoms with Crippen LogP contribution in [0.1, 0.15) is 48.4 Å². The molecule has 0 radical (unpaired) electrons. The first-order valence-corrected chi connectivity index (χ1v) is 9.36. The molecule has 0 spiro atoms. The Balaban J connectivity index is 1.79. The Bertz CT molecular complexity index is 825. The SMILES string of the molecule is CNC(C(=O)NCC1(c2cccc(C(F)(F)F)c2)CCCC1)c1cnn(C)c1. The van der Waals surface area contributed by atoms with Gasteiger partial charge in [-0.1, -0.05) is 31.0 Å². The number of aryl methyl sites for hydroxylation is 1. The number of amides is 1. The molecule has 1 fully saturated rings. The van der Waals surface area contributed by atoms with Crippen LogP contribution in [0, 0.1) is 0 Å². The fourth-order valence-corrected chi connectivity index (χ4v) is 4.04. The van der Waals surface area contributed by atoms with E-state index in [0.29, 0.717) is 12.1 Å². The van der Waals surface area contributed by atoms with Gasteiger partial charge in [-0.2, -0.15) is 18.3 Å². The minimum atomic E-state index is -4.38. The molecule has 1 amide bonds. The summed E-state index contributed by atoms with van der Waals surface area (Å²) in [4.78, 5) is 12.7. The van der Waals surface area contributed by atoms with Crippen molar-refractivity contribution < 1.29 is 18.0 Å². The van der Waals surface area contributed by atoms with Gasteiger partial charge in [0, 0.05) is 30.8 Å². The highest BCUT2D eigenvalue weighted by atomic mass is 19.4. The van der Waals surface area contributed by atoms with Crippen molar-refractivity contribution in [2.24, 2.45) is 7.05 Å². The zero-order valence-electron chi connectivity index (χ0n) is 16.0. The number of nitrogens with one attached hydrogen (secondary N) is 2. The molecule has 0 bridgehead atoms. The first-order valence-electron chi connectivity index (χ1n) is 9.36. The molecule has 1 unspecified atom stereocenters. The lowest BCUT2D eigenvalue weighted by atomic mass is 9.78. The summed E-state index contributed by atoms with van der Waals surface area (Å²) in [5, 5.41) is 10.0. The molecule has 0 saturated heterocycles. The highest BCUT2D eigenvalue weighted by Gasteiger charge is 2.38. The van der Waals surface area contributed by atoms with Gasteiger partial charge in [0.2, 0.25) is 5.91 Å². The Hall–Kier alpha value is -2.35. The predicted octanol–water partition coefficient (Wildman–Crippen LogP) is 3.33. The molecule has 1 aliphatic rings. The van der Waals surface area contributed by atoms with Crippen LogP contribution < -0.4 is 10.6 Å². The van der Waals surface area contributed by atoms with Gasteiger partial charge in [-0.05, 0) is 31.5 Å². The summed E-state index contributed by atoms with van der Waals surface area (Å²) >= 11 is 0. The van der Waals surface area contributed by atoms with Crippen LogP contribution in [0.3, 0.4) is 0 Å². The van der Waals surface area contributed by atoms with E-state index in [1.165, 1.54) is 12.1 Å². The zero-order chi connectivity index (χ0) is 20.4. The summed E-state index contributed by atoms with van der Waals surface area (Å²) in [6.45, 7) is 0.311. The summed E-state index contributed by atoms with van der Waals surface area (Å²) in [5.74, 6) is -0.214. The number of likely N-dealkylation sites (N-methyl/N-ethyl adjacent to an activating group) is 1. The Kier molecular flexibility index (Phi) is 5.79. The molecule has 2 N–H and O–H groups in total. The van der Waals surface area contributed by atoms with Crippen LogP contribution in [0.4, 0.5) is 13.2 Å². The fraction of sp³-hybridized carbons (Fsp3) is 0.500. The van der Waals surface area contributed by atoms with E-state index in [-0.39, 0.29) is 5.91 Å². The van der Waals surface area contributed by atoms with E-state index in [0.717, 1.165) is 37.3 Å². The molecule has 1 aromatic heterocycles. The second kappa shape index (κ2) is 7.95. The topological polar surface area (TPSA) is 59.0 Å². The van der Waals surface area contributed by atoms with Crippen LogP contribution in [0.2, 0.25) is 0 Å². The fourth-order valence-electron chi connectivity index (χ4n) is 4.04. The van der Waals surface area contributed by atoms with Crippen molar-refractivity contribution in [2.45, 2.75) is 43.3 Å². The van der Waals surface area contributed by atoms with E-state index in [2.05, 4.69) is 15.7 Å². The molecule has 1 atom stereocenters. The van der Waals surface area contributed by atoms with E-state index in [1.54, 1.807) is 37.2 Å². The molecule has 152 valence electrons. The van der Waals surface area contributed by atoms with Gasteiger partial charge in [-0.15, -0.1) is 0 Å². The van der Waals surface area contributed by atoms with Crippen molar-refractivity contribution in [1.82, 2.24) is 20.4 Å². The summed E-state index contributed by atoms with van der Waals surface area (Å²) in [5.41, 5.74) is 0.264. The molecule has 28 heavy (non-hydrogen) atoms. The molecular weight excluding hydrogens is 369 g/mol. The lowest BCUT2D eigenvalue weighted by Crippen LogP contribution is -2.43. The maximum atomic E-state index is 13.1. The Morgan fingerprint density at radius 2 is 2.04 bits per heavy atom.